The SMILES string of the molecule is Fc1cccc(OC(c2ccccc2)C2CCN(CCN3CCN(c4ncccn4)CC3)CC2)c1. The Morgan fingerprint density at radius 1 is 0.800 bits per heavy atom. The molecule has 184 valence electrons. The molecular formula is C28H34FN5O. The van der Waals surface area contributed by atoms with Gasteiger partial charge in [-0.05, 0) is 49.7 Å². The molecule has 1 unspecified atom stereocenters. The number of nitrogens with zero attached hydrogens (tertiary/aromatic N) is 5. The average molecular weight is 476 g/mol. The van der Waals surface area contributed by atoms with Crippen LogP contribution in [0, 0.1) is 11.7 Å². The van der Waals surface area contributed by atoms with Gasteiger partial charge < -0.3 is 14.5 Å². The zero-order valence-electron chi connectivity index (χ0n) is 20.2. The lowest BCUT2D eigenvalue weighted by Gasteiger charge is -2.38. The van der Waals surface area contributed by atoms with Crippen LogP contribution in [0.3, 0.4) is 0 Å². The summed E-state index contributed by atoms with van der Waals surface area (Å²) in [7, 11) is 0. The molecule has 1 aromatic heterocycles. The fourth-order valence-corrected chi connectivity index (χ4v) is 5.15. The monoisotopic (exact) mass is 475 g/mol. The first-order valence-corrected chi connectivity index (χ1v) is 12.7. The third-order valence-electron chi connectivity index (χ3n) is 7.19. The number of piperazine rings is 1. The van der Waals surface area contributed by atoms with E-state index in [0.717, 1.165) is 76.7 Å². The van der Waals surface area contributed by atoms with Gasteiger partial charge in [-0.3, -0.25) is 4.90 Å². The van der Waals surface area contributed by atoms with Crippen molar-refractivity contribution in [1.82, 2.24) is 19.8 Å². The van der Waals surface area contributed by atoms with Gasteiger partial charge in [-0.15, -0.1) is 0 Å². The first kappa shape index (κ1) is 23.7. The minimum Gasteiger partial charge on any atom is -0.485 e. The number of aromatic nitrogens is 2. The normalized spacial score (nSPS) is 18.9. The van der Waals surface area contributed by atoms with Crippen LogP contribution in [0.25, 0.3) is 0 Å². The van der Waals surface area contributed by atoms with Crippen molar-refractivity contribution in [2.24, 2.45) is 5.92 Å². The molecule has 0 N–H and O–H groups in total. The van der Waals surface area contributed by atoms with Gasteiger partial charge in [0.25, 0.3) is 0 Å². The van der Waals surface area contributed by atoms with Crippen LogP contribution in [0.2, 0.25) is 0 Å². The van der Waals surface area contributed by atoms with E-state index in [-0.39, 0.29) is 11.9 Å². The van der Waals surface area contributed by atoms with E-state index in [1.807, 2.05) is 30.6 Å². The quantitative estimate of drug-likeness (QED) is 0.485. The summed E-state index contributed by atoms with van der Waals surface area (Å²) in [4.78, 5) is 16.2. The van der Waals surface area contributed by atoms with Crippen LogP contribution in [0.15, 0.2) is 73.1 Å². The zero-order chi connectivity index (χ0) is 23.9. The molecule has 2 fully saturated rings. The minimum atomic E-state index is -0.263. The molecule has 0 radical (unpaired) electrons. The Hall–Kier alpha value is -3.03. The maximum Gasteiger partial charge on any atom is 0.225 e. The fourth-order valence-electron chi connectivity index (χ4n) is 5.15. The van der Waals surface area contributed by atoms with Crippen molar-refractivity contribution in [1.29, 1.82) is 0 Å². The van der Waals surface area contributed by atoms with Crippen molar-refractivity contribution in [3.05, 3.63) is 84.4 Å². The standard InChI is InChI=1S/C28H34FN5O/c29-25-8-4-9-26(22-25)35-27(23-6-2-1-3-7-23)24-10-14-32(15-11-24)16-17-33-18-20-34(21-19-33)28-30-12-5-13-31-28/h1-9,12-13,22,24,27H,10-11,14-21H2. The summed E-state index contributed by atoms with van der Waals surface area (Å²) in [6, 6.07) is 18.7. The van der Waals surface area contributed by atoms with E-state index < -0.39 is 0 Å². The molecule has 3 heterocycles. The van der Waals surface area contributed by atoms with Gasteiger partial charge in [0.05, 0.1) is 0 Å². The number of hydrogen-bond acceptors (Lipinski definition) is 6. The third-order valence-corrected chi connectivity index (χ3v) is 7.19. The van der Waals surface area contributed by atoms with Crippen molar-refractivity contribution in [2.45, 2.75) is 18.9 Å². The molecule has 0 aliphatic carbocycles. The highest BCUT2D eigenvalue weighted by Crippen LogP contribution is 2.35. The van der Waals surface area contributed by atoms with Gasteiger partial charge in [0, 0.05) is 63.6 Å². The molecule has 0 amide bonds. The third kappa shape index (κ3) is 6.35. The number of halogens is 1. The Labute approximate surface area is 207 Å². The molecule has 1 atom stereocenters. The molecular weight excluding hydrogens is 441 g/mol. The second-order valence-electron chi connectivity index (χ2n) is 9.46. The average Bonchev–Trinajstić information content (AvgIpc) is 2.92. The second-order valence-corrected chi connectivity index (χ2v) is 9.46. The van der Waals surface area contributed by atoms with E-state index in [1.165, 1.54) is 12.1 Å². The molecule has 0 saturated carbocycles. The van der Waals surface area contributed by atoms with Gasteiger partial charge in [0.2, 0.25) is 5.95 Å². The lowest BCUT2D eigenvalue weighted by molar-refractivity contribution is 0.0715. The molecule has 35 heavy (non-hydrogen) atoms. The van der Waals surface area contributed by atoms with Crippen LogP contribution in [-0.4, -0.2) is 72.1 Å². The maximum absolute atomic E-state index is 13.8. The number of anilines is 1. The number of hydrogen-bond donors (Lipinski definition) is 0. The fraction of sp³-hybridized carbons (Fsp3) is 0.429. The smallest absolute Gasteiger partial charge is 0.225 e. The molecule has 2 aliphatic heterocycles. The Balaban J connectivity index is 1.11. The number of piperidine rings is 1. The minimum absolute atomic E-state index is 0.0616. The highest BCUT2D eigenvalue weighted by Gasteiger charge is 2.30. The molecule has 7 heteroatoms. The van der Waals surface area contributed by atoms with Crippen LogP contribution >= 0.6 is 0 Å². The number of ether oxygens (including phenoxy) is 1. The lowest BCUT2D eigenvalue weighted by atomic mass is 9.87. The lowest BCUT2D eigenvalue weighted by Crippen LogP contribution is -2.49. The van der Waals surface area contributed by atoms with E-state index >= 15 is 0 Å². The highest BCUT2D eigenvalue weighted by molar-refractivity contribution is 5.29. The number of rotatable bonds is 8. The van der Waals surface area contributed by atoms with Crippen LogP contribution in [-0.2, 0) is 0 Å². The topological polar surface area (TPSA) is 44.7 Å². The Morgan fingerprint density at radius 2 is 1.49 bits per heavy atom. The first-order valence-electron chi connectivity index (χ1n) is 12.7. The summed E-state index contributed by atoms with van der Waals surface area (Å²) in [6.07, 6.45) is 5.71. The second kappa shape index (κ2) is 11.6. The molecule has 5 rings (SSSR count). The largest absolute Gasteiger partial charge is 0.485 e. The van der Waals surface area contributed by atoms with Gasteiger partial charge in [-0.1, -0.05) is 36.4 Å². The molecule has 0 spiro atoms. The van der Waals surface area contributed by atoms with Crippen molar-refractivity contribution < 1.29 is 9.13 Å². The molecule has 2 saturated heterocycles. The van der Waals surface area contributed by atoms with Gasteiger partial charge in [0.1, 0.15) is 17.7 Å². The summed E-state index contributed by atoms with van der Waals surface area (Å²) in [6.45, 7) is 8.37. The van der Waals surface area contributed by atoms with Crippen molar-refractivity contribution in [3.63, 3.8) is 0 Å². The predicted molar refractivity (Wildman–Crippen MR) is 136 cm³/mol. The highest BCUT2D eigenvalue weighted by atomic mass is 19.1. The predicted octanol–water partition coefficient (Wildman–Crippen LogP) is 4.27. The van der Waals surface area contributed by atoms with Gasteiger partial charge >= 0.3 is 0 Å². The Bertz CT molecular complexity index is 1040. The number of benzene rings is 2. The summed E-state index contributed by atoms with van der Waals surface area (Å²) in [5.74, 6) is 1.58. The van der Waals surface area contributed by atoms with Crippen molar-refractivity contribution >= 4 is 5.95 Å². The molecule has 2 aliphatic rings. The summed E-state index contributed by atoms with van der Waals surface area (Å²) < 4.78 is 20.1. The van der Waals surface area contributed by atoms with Gasteiger partial charge in [-0.2, -0.15) is 0 Å². The van der Waals surface area contributed by atoms with Crippen LogP contribution in [0.5, 0.6) is 5.75 Å². The summed E-state index contributed by atoms with van der Waals surface area (Å²) >= 11 is 0. The van der Waals surface area contributed by atoms with E-state index in [2.05, 4.69) is 48.9 Å². The summed E-state index contributed by atoms with van der Waals surface area (Å²) in [5, 5.41) is 0. The Morgan fingerprint density at radius 3 is 2.17 bits per heavy atom. The van der Waals surface area contributed by atoms with Gasteiger partial charge in [0.15, 0.2) is 0 Å². The molecule has 6 nitrogen and oxygen atoms in total. The Kier molecular flexibility index (Phi) is 7.85. The van der Waals surface area contributed by atoms with E-state index in [1.54, 1.807) is 6.07 Å². The van der Waals surface area contributed by atoms with Crippen LogP contribution in [0.4, 0.5) is 10.3 Å². The molecule has 3 aromatic rings. The molecule has 2 aromatic carbocycles. The zero-order valence-corrected chi connectivity index (χ0v) is 20.2. The van der Waals surface area contributed by atoms with Crippen molar-refractivity contribution in [2.75, 3.05) is 57.3 Å². The molecule has 0 bridgehead atoms. The number of likely N-dealkylation sites (tertiary alicyclic amines) is 1. The van der Waals surface area contributed by atoms with Gasteiger partial charge in [-0.25, -0.2) is 14.4 Å². The van der Waals surface area contributed by atoms with Crippen molar-refractivity contribution in [3.8, 4) is 5.75 Å². The van der Waals surface area contributed by atoms with Crippen LogP contribution < -0.4 is 9.64 Å². The van der Waals surface area contributed by atoms with E-state index in [9.17, 15) is 4.39 Å². The van der Waals surface area contributed by atoms with E-state index in [0.29, 0.717) is 11.7 Å². The first-order chi connectivity index (χ1) is 17.2. The maximum atomic E-state index is 13.8. The summed E-state index contributed by atoms with van der Waals surface area (Å²) in [5.41, 5.74) is 1.16. The van der Waals surface area contributed by atoms with Crippen LogP contribution in [0.1, 0.15) is 24.5 Å². The van der Waals surface area contributed by atoms with E-state index in [4.69, 9.17) is 4.74 Å².